The highest BCUT2D eigenvalue weighted by molar-refractivity contribution is 5.94. The second-order valence-electron chi connectivity index (χ2n) is 1.44. The van der Waals surface area contributed by atoms with Gasteiger partial charge in [0.1, 0.15) is 5.69 Å². The summed E-state index contributed by atoms with van der Waals surface area (Å²) in [5.74, 6) is 0.0104. The van der Waals surface area contributed by atoms with Crippen molar-refractivity contribution in [3.8, 4) is 0 Å². The predicted molar refractivity (Wildman–Crippen MR) is 31.1 cm³/mol. The third-order valence-electron chi connectivity index (χ3n) is 0.868. The molecule has 1 aromatic rings. The molecule has 0 aliphatic heterocycles. The van der Waals surface area contributed by atoms with Gasteiger partial charge in [0, 0.05) is 6.20 Å². The van der Waals surface area contributed by atoms with Crippen molar-refractivity contribution >= 4 is 5.84 Å². The minimum Gasteiger partial charge on any atom is -0.409 e. The summed E-state index contributed by atoms with van der Waals surface area (Å²) in [5.41, 5.74) is 5.60. The van der Waals surface area contributed by atoms with Gasteiger partial charge >= 0.3 is 0 Å². The molecule has 0 fully saturated rings. The van der Waals surface area contributed by atoms with Crippen molar-refractivity contribution in [2.24, 2.45) is 10.9 Å². The lowest BCUT2D eigenvalue weighted by Gasteiger charge is -1.86. The van der Waals surface area contributed by atoms with E-state index in [1.54, 1.807) is 0 Å². The second-order valence-corrected chi connectivity index (χ2v) is 1.44. The van der Waals surface area contributed by atoms with Crippen molar-refractivity contribution in [2.45, 2.75) is 0 Å². The van der Waals surface area contributed by atoms with Crippen molar-refractivity contribution in [3.63, 3.8) is 0 Å². The Kier molecular flexibility index (Phi) is 1.35. The fourth-order valence-corrected chi connectivity index (χ4v) is 0.452. The van der Waals surface area contributed by atoms with Gasteiger partial charge in [0.15, 0.2) is 5.84 Å². The van der Waals surface area contributed by atoms with Crippen molar-refractivity contribution in [2.75, 3.05) is 0 Å². The van der Waals surface area contributed by atoms with Gasteiger partial charge in [-0.25, -0.2) is 4.98 Å². The Labute approximate surface area is 51.2 Å². The summed E-state index contributed by atoms with van der Waals surface area (Å²) in [5, 5.41) is 10.9. The predicted octanol–water partition coefficient (Wildman–Crippen LogP) is -0.496. The minimum absolute atomic E-state index is 0.0104. The zero-order valence-corrected chi connectivity index (χ0v) is 4.57. The van der Waals surface area contributed by atoms with E-state index in [-0.39, 0.29) is 5.84 Å². The second kappa shape index (κ2) is 2.17. The number of imidazole rings is 1. The van der Waals surface area contributed by atoms with E-state index in [9.17, 15) is 0 Å². The monoisotopic (exact) mass is 126 g/mol. The summed E-state index contributed by atoms with van der Waals surface area (Å²) in [4.78, 5) is 6.38. The number of oxime groups is 1. The van der Waals surface area contributed by atoms with E-state index >= 15 is 0 Å². The molecule has 0 radical (unpaired) electrons. The van der Waals surface area contributed by atoms with Crippen LogP contribution >= 0.6 is 0 Å². The summed E-state index contributed by atoms with van der Waals surface area (Å²) >= 11 is 0. The summed E-state index contributed by atoms with van der Waals surface area (Å²) in [6.45, 7) is 0. The molecule has 0 amide bonds. The molecule has 1 aromatic heterocycles. The lowest BCUT2D eigenvalue weighted by atomic mass is 10.5. The fourth-order valence-electron chi connectivity index (χ4n) is 0.452. The number of aromatic amines is 1. The Morgan fingerprint density at radius 2 is 2.67 bits per heavy atom. The molecular formula is C4H6N4O. The van der Waals surface area contributed by atoms with E-state index in [2.05, 4.69) is 15.1 Å². The summed E-state index contributed by atoms with van der Waals surface area (Å²) in [7, 11) is 0. The molecule has 0 unspecified atom stereocenters. The average Bonchev–Trinajstić information content (AvgIpc) is 2.37. The molecule has 5 heteroatoms. The summed E-state index contributed by atoms with van der Waals surface area (Å²) < 4.78 is 0. The van der Waals surface area contributed by atoms with Crippen molar-refractivity contribution in [1.29, 1.82) is 0 Å². The number of aromatic nitrogens is 2. The molecule has 0 aliphatic rings. The van der Waals surface area contributed by atoms with Crippen LogP contribution in [0.25, 0.3) is 0 Å². The average molecular weight is 126 g/mol. The van der Waals surface area contributed by atoms with Crippen LogP contribution in [0.5, 0.6) is 0 Å². The van der Waals surface area contributed by atoms with Crippen LogP contribution in [0.15, 0.2) is 17.7 Å². The Morgan fingerprint density at radius 1 is 1.89 bits per heavy atom. The third-order valence-corrected chi connectivity index (χ3v) is 0.868. The van der Waals surface area contributed by atoms with Gasteiger partial charge in [-0.15, -0.1) is 0 Å². The van der Waals surface area contributed by atoms with Crippen LogP contribution in [0.3, 0.4) is 0 Å². The molecular weight excluding hydrogens is 120 g/mol. The van der Waals surface area contributed by atoms with Gasteiger partial charge in [0.05, 0.1) is 6.33 Å². The van der Waals surface area contributed by atoms with E-state index in [0.29, 0.717) is 5.69 Å². The van der Waals surface area contributed by atoms with Gasteiger partial charge in [0.25, 0.3) is 0 Å². The maximum absolute atomic E-state index is 8.12. The van der Waals surface area contributed by atoms with Gasteiger partial charge < -0.3 is 15.9 Å². The van der Waals surface area contributed by atoms with Gasteiger partial charge in [0.2, 0.25) is 0 Å². The Balaban J connectivity index is 2.90. The minimum atomic E-state index is 0.0104. The van der Waals surface area contributed by atoms with Crippen molar-refractivity contribution < 1.29 is 5.21 Å². The number of hydrogen-bond donors (Lipinski definition) is 3. The van der Waals surface area contributed by atoms with Crippen molar-refractivity contribution in [3.05, 3.63) is 18.2 Å². The first-order valence-electron chi connectivity index (χ1n) is 2.31. The highest BCUT2D eigenvalue weighted by Gasteiger charge is 1.97. The quantitative estimate of drug-likeness (QED) is 0.205. The maximum Gasteiger partial charge on any atom is 0.190 e. The number of H-pyrrole nitrogens is 1. The van der Waals surface area contributed by atoms with E-state index in [4.69, 9.17) is 10.9 Å². The largest absolute Gasteiger partial charge is 0.409 e. The summed E-state index contributed by atoms with van der Waals surface area (Å²) in [6.07, 6.45) is 2.99. The van der Waals surface area contributed by atoms with E-state index < -0.39 is 0 Å². The van der Waals surface area contributed by atoms with Crippen LogP contribution in [0.2, 0.25) is 0 Å². The first-order chi connectivity index (χ1) is 4.34. The molecule has 0 aromatic carbocycles. The lowest BCUT2D eigenvalue weighted by Crippen LogP contribution is -2.12. The molecule has 0 saturated heterocycles. The molecule has 48 valence electrons. The molecule has 0 bridgehead atoms. The standard InChI is InChI=1S/C4H6N4O/c5-4(8-9)3-1-6-2-7-3/h1-2,9H,(H2,5,8)(H,6,7). The van der Waals surface area contributed by atoms with Crippen LogP contribution < -0.4 is 5.73 Å². The SMILES string of the molecule is NC(=NO)c1c[nH]cn1. The number of nitrogens with two attached hydrogens (primary N) is 1. The van der Waals surface area contributed by atoms with E-state index in [1.807, 2.05) is 0 Å². The molecule has 0 spiro atoms. The van der Waals surface area contributed by atoms with Gasteiger partial charge in [-0.1, -0.05) is 5.16 Å². The van der Waals surface area contributed by atoms with Crippen LogP contribution in [0.1, 0.15) is 5.69 Å². The Morgan fingerprint density at radius 3 is 3.11 bits per heavy atom. The number of nitrogens with one attached hydrogen (secondary N) is 1. The zero-order chi connectivity index (χ0) is 6.69. The van der Waals surface area contributed by atoms with Gasteiger partial charge in [-0.3, -0.25) is 0 Å². The van der Waals surface area contributed by atoms with E-state index in [1.165, 1.54) is 12.5 Å². The molecule has 1 rings (SSSR count). The smallest absolute Gasteiger partial charge is 0.190 e. The molecule has 5 nitrogen and oxygen atoms in total. The number of rotatable bonds is 1. The molecule has 4 N–H and O–H groups in total. The van der Waals surface area contributed by atoms with Crippen molar-refractivity contribution in [1.82, 2.24) is 9.97 Å². The van der Waals surface area contributed by atoms with Crippen LogP contribution in [0, 0.1) is 0 Å². The highest BCUT2D eigenvalue weighted by atomic mass is 16.4. The van der Waals surface area contributed by atoms with Crippen LogP contribution in [-0.4, -0.2) is 21.0 Å². The maximum atomic E-state index is 8.12. The van der Waals surface area contributed by atoms with Gasteiger partial charge in [-0.05, 0) is 0 Å². The Hall–Kier alpha value is -1.52. The van der Waals surface area contributed by atoms with E-state index in [0.717, 1.165) is 0 Å². The topological polar surface area (TPSA) is 87.3 Å². The molecule has 1 heterocycles. The number of amidine groups is 1. The first-order valence-corrected chi connectivity index (χ1v) is 2.31. The lowest BCUT2D eigenvalue weighted by molar-refractivity contribution is 0.318. The summed E-state index contributed by atoms with van der Waals surface area (Å²) in [6, 6.07) is 0. The Bertz CT molecular complexity index is 202. The first kappa shape index (κ1) is 5.61. The number of hydrogen-bond acceptors (Lipinski definition) is 3. The normalized spacial score (nSPS) is 11.8. The van der Waals surface area contributed by atoms with Crippen LogP contribution in [0.4, 0.5) is 0 Å². The number of nitrogens with zero attached hydrogens (tertiary/aromatic N) is 2. The third kappa shape index (κ3) is 0.987. The molecule has 9 heavy (non-hydrogen) atoms. The molecule has 0 saturated carbocycles. The highest BCUT2D eigenvalue weighted by Crippen LogP contribution is 1.87. The molecule has 0 atom stereocenters. The zero-order valence-electron chi connectivity index (χ0n) is 4.57. The molecule has 0 aliphatic carbocycles. The van der Waals surface area contributed by atoms with Crippen LogP contribution in [-0.2, 0) is 0 Å². The fraction of sp³-hybridized carbons (Fsp3) is 0. The van der Waals surface area contributed by atoms with Gasteiger partial charge in [-0.2, -0.15) is 0 Å².